The van der Waals surface area contributed by atoms with Gasteiger partial charge in [-0.05, 0) is 18.1 Å². The molecule has 2 fully saturated rings. The number of rotatable bonds is 2. The summed E-state index contributed by atoms with van der Waals surface area (Å²) in [7, 11) is -1.85. The van der Waals surface area contributed by atoms with Crippen molar-refractivity contribution in [1.29, 1.82) is 0 Å². The fourth-order valence-corrected chi connectivity index (χ4v) is 2.48. The maximum absolute atomic E-state index is 11.4. The van der Waals surface area contributed by atoms with Crippen LogP contribution in [-0.4, -0.2) is 50.5 Å². The lowest BCUT2D eigenvalue weighted by Crippen LogP contribution is -2.49. The molecule has 2 rings (SSSR count). The Balaban J connectivity index is 2.05. The van der Waals surface area contributed by atoms with Crippen molar-refractivity contribution in [3.8, 4) is 0 Å². The van der Waals surface area contributed by atoms with Crippen LogP contribution in [0.25, 0.3) is 0 Å². The van der Waals surface area contributed by atoms with Crippen LogP contribution in [0.1, 0.15) is 20.8 Å². The summed E-state index contributed by atoms with van der Waals surface area (Å²) in [5.41, 5.74) is 0.964. The normalized spacial score (nSPS) is 30.5. The van der Waals surface area contributed by atoms with E-state index in [1.165, 1.54) is 0 Å². The van der Waals surface area contributed by atoms with Gasteiger partial charge in [-0.15, -0.1) is 5.16 Å². The number of oxime groups is 1. The molecule has 0 aromatic carbocycles. The van der Waals surface area contributed by atoms with Crippen LogP contribution in [0.2, 0.25) is 18.1 Å². The highest BCUT2D eigenvalue weighted by molar-refractivity contribution is 6.74. The van der Waals surface area contributed by atoms with Crippen LogP contribution in [0.15, 0.2) is 5.16 Å². The first-order valence-electron chi connectivity index (χ1n) is 6.46. The number of carbonyl (C=O) groups is 1. The van der Waals surface area contributed by atoms with Crippen LogP contribution in [0.4, 0.5) is 0 Å². The molecule has 0 radical (unpaired) electrons. The number of nitrogens with one attached hydrogen (secondary N) is 1. The molecule has 0 aliphatic carbocycles. The Bertz CT molecular complexity index is 387. The van der Waals surface area contributed by atoms with Crippen molar-refractivity contribution < 1.29 is 9.32 Å². The lowest BCUT2D eigenvalue weighted by Gasteiger charge is -2.33. The van der Waals surface area contributed by atoms with Crippen LogP contribution >= 0.6 is 0 Å². The van der Waals surface area contributed by atoms with E-state index in [0.717, 1.165) is 18.8 Å². The minimum absolute atomic E-state index is 0.0519. The second-order valence-corrected chi connectivity index (χ2v) is 11.4. The molecule has 0 aromatic rings. The summed E-state index contributed by atoms with van der Waals surface area (Å²) < 4.78 is 5.87. The summed E-state index contributed by atoms with van der Waals surface area (Å²) in [5.74, 6) is 0.0868. The van der Waals surface area contributed by atoms with E-state index in [1.54, 1.807) is 0 Å². The van der Waals surface area contributed by atoms with Gasteiger partial charge >= 0.3 is 0 Å². The van der Waals surface area contributed by atoms with Crippen molar-refractivity contribution in [2.75, 3.05) is 19.6 Å². The van der Waals surface area contributed by atoms with Gasteiger partial charge in [0.15, 0.2) is 0 Å². The minimum atomic E-state index is -1.85. The SMILES string of the molecule is CC(C)(C)[Si](C)(C)O/N=C1\CN2CC(=O)NC1C2. The lowest BCUT2D eigenvalue weighted by atomic mass is 10.2. The van der Waals surface area contributed by atoms with Crippen LogP contribution in [0, 0.1) is 0 Å². The first-order chi connectivity index (χ1) is 8.19. The summed E-state index contributed by atoms with van der Waals surface area (Å²) in [4.78, 5) is 13.5. The zero-order chi connectivity index (χ0) is 13.6. The summed E-state index contributed by atoms with van der Waals surface area (Å²) >= 11 is 0. The van der Waals surface area contributed by atoms with E-state index in [2.05, 4.69) is 49.2 Å². The third-order valence-electron chi connectivity index (χ3n) is 4.13. The van der Waals surface area contributed by atoms with E-state index in [0.29, 0.717) is 6.54 Å². The number of piperazine rings is 1. The fourth-order valence-electron chi connectivity index (χ4n) is 1.86. The zero-order valence-corrected chi connectivity index (χ0v) is 12.9. The van der Waals surface area contributed by atoms with Crippen molar-refractivity contribution in [2.45, 2.75) is 44.9 Å². The van der Waals surface area contributed by atoms with E-state index >= 15 is 0 Å². The summed E-state index contributed by atoms with van der Waals surface area (Å²) in [6.07, 6.45) is 0. The Morgan fingerprint density at radius 2 is 2.06 bits per heavy atom. The summed E-state index contributed by atoms with van der Waals surface area (Å²) in [5, 5.41) is 7.46. The number of hydrogen-bond acceptors (Lipinski definition) is 4. The van der Waals surface area contributed by atoms with Crippen molar-refractivity contribution in [3.05, 3.63) is 0 Å². The molecule has 1 amide bonds. The van der Waals surface area contributed by atoms with Gasteiger partial charge in [-0.3, -0.25) is 9.69 Å². The van der Waals surface area contributed by atoms with E-state index in [4.69, 9.17) is 4.53 Å². The highest BCUT2D eigenvalue weighted by atomic mass is 28.4. The van der Waals surface area contributed by atoms with E-state index in [-0.39, 0.29) is 17.0 Å². The second-order valence-electron chi connectivity index (χ2n) is 6.72. The molecule has 0 saturated carbocycles. The van der Waals surface area contributed by atoms with Gasteiger partial charge in [0.05, 0.1) is 18.3 Å². The van der Waals surface area contributed by atoms with E-state index in [9.17, 15) is 4.79 Å². The van der Waals surface area contributed by atoms with E-state index in [1.807, 2.05) is 0 Å². The first-order valence-corrected chi connectivity index (χ1v) is 9.36. The van der Waals surface area contributed by atoms with Gasteiger partial charge in [0.2, 0.25) is 5.91 Å². The molecule has 2 unspecified atom stereocenters. The standard InChI is InChI=1S/C12H23N3O2Si/c1-12(2,3)18(4,5)17-14-10-7-15-6-9(10)13-11(16)8-15/h9H,6-8H2,1-5H3,(H,13,16)/b14-10+. The Morgan fingerprint density at radius 1 is 1.39 bits per heavy atom. The average Bonchev–Trinajstić information content (AvgIpc) is 2.49. The minimum Gasteiger partial charge on any atom is -0.455 e. The van der Waals surface area contributed by atoms with Crippen LogP contribution in [-0.2, 0) is 9.32 Å². The van der Waals surface area contributed by atoms with Crippen molar-refractivity contribution >= 4 is 19.9 Å². The average molecular weight is 269 g/mol. The van der Waals surface area contributed by atoms with Gasteiger partial charge in [-0.25, -0.2) is 0 Å². The molecule has 1 N–H and O–H groups in total. The zero-order valence-electron chi connectivity index (χ0n) is 11.9. The molecule has 0 spiro atoms. The van der Waals surface area contributed by atoms with Crippen molar-refractivity contribution in [2.24, 2.45) is 5.16 Å². The van der Waals surface area contributed by atoms with Gasteiger partial charge in [0, 0.05) is 13.1 Å². The van der Waals surface area contributed by atoms with Gasteiger partial charge in [-0.2, -0.15) is 0 Å². The van der Waals surface area contributed by atoms with Crippen LogP contribution in [0.5, 0.6) is 0 Å². The molecule has 0 aromatic heterocycles. The molecule has 2 aliphatic heterocycles. The molecular formula is C12H23N3O2Si. The summed E-state index contributed by atoms with van der Waals surface area (Å²) in [6.45, 7) is 13.0. The van der Waals surface area contributed by atoms with Crippen LogP contribution in [0.3, 0.4) is 0 Å². The quantitative estimate of drug-likeness (QED) is 0.605. The summed E-state index contributed by atoms with van der Waals surface area (Å²) in [6, 6.07) is 0.0519. The number of fused-ring (bicyclic) bond motifs is 2. The molecule has 2 saturated heterocycles. The molecule has 5 nitrogen and oxygen atoms in total. The molecule has 102 valence electrons. The Kier molecular flexibility index (Phi) is 3.27. The number of nitrogens with zero attached hydrogens (tertiary/aromatic N) is 2. The molecule has 2 bridgehead atoms. The largest absolute Gasteiger partial charge is 0.455 e. The number of amides is 1. The monoisotopic (exact) mass is 269 g/mol. The van der Waals surface area contributed by atoms with E-state index < -0.39 is 8.32 Å². The third kappa shape index (κ3) is 2.59. The third-order valence-corrected chi connectivity index (χ3v) is 8.29. The highest BCUT2D eigenvalue weighted by Gasteiger charge is 2.41. The molecule has 6 heteroatoms. The van der Waals surface area contributed by atoms with Gasteiger partial charge in [0.1, 0.15) is 0 Å². The highest BCUT2D eigenvalue weighted by Crippen LogP contribution is 2.36. The molecular weight excluding hydrogens is 246 g/mol. The smallest absolute Gasteiger partial charge is 0.286 e. The molecule has 2 aliphatic rings. The predicted octanol–water partition coefficient (Wildman–Crippen LogP) is 1.18. The molecule has 2 heterocycles. The fraction of sp³-hybridized carbons (Fsp3) is 0.833. The van der Waals surface area contributed by atoms with Gasteiger partial charge < -0.3 is 9.84 Å². The van der Waals surface area contributed by atoms with Gasteiger partial charge in [0.25, 0.3) is 8.32 Å². The second kappa shape index (κ2) is 4.34. The molecule has 18 heavy (non-hydrogen) atoms. The maximum atomic E-state index is 11.4. The van der Waals surface area contributed by atoms with Crippen molar-refractivity contribution in [1.82, 2.24) is 10.2 Å². The Hall–Kier alpha value is -0.883. The predicted molar refractivity (Wildman–Crippen MR) is 74.1 cm³/mol. The Morgan fingerprint density at radius 3 is 2.67 bits per heavy atom. The lowest BCUT2D eigenvalue weighted by molar-refractivity contribution is -0.123. The molecule has 2 atom stereocenters. The number of hydrogen-bond donors (Lipinski definition) is 1. The van der Waals surface area contributed by atoms with Gasteiger partial charge in [-0.1, -0.05) is 20.8 Å². The van der Waals surface area contributed by atoms with Crippen molar-refractivity contribution in [3.63, 3.8) is 0 Å². The Labute approximate surface area is 110 Å². The maximum Gasteiger partial charge on any atom is 0.286 e. The topological polar surface area (TPSA) is 53.9 Å². The first kappa shape index (κ1) is 13.5. The number of carbonyl (C=O) groups excluding carboxylic acids is 1. The van der Waals surface area contributed by atoms with Crippen LogP contribution < -0.4 is 5.32 Å².